The zero-order chi connectivity index (χ0) is 14.5. The van der Waals surface area contributed by atoms with E-state index in [2.05, 4.69) is 5.32 Å². The summed E-state index contributed by atoms with van der Waals surface area (Å²) in [5, 5.41) is 2.45. The minimum absolute atomic E-state index is 0.0652. The third-order valence-electron chi connectivity index (χ3n) is 2.33. The van der Waals surface area contributed by atoms with Crippen LogP contribution in [0.25, 0.3) is 0 Å². The lowest BCUT2D eigenvalue weighted by molar-refractivity contribution is 0.247. The molecule has 0 fully saturated rings. The fraction of sp³-hybridized carbons (Fsp3) is 0.308. The number of hydrogen-bond acceptors (Lipinski definition) is 3. The first-order chi connectivity index (χ1) is 8.81. The van der Waals surface area contributed by atoms with E-state index in [1.807, 2.05) is 25.5 Å². The molecule has 0 aliphatic heterocycles. The minimum Gasteiger partial charge on any atom is -0.334 e. The Balaban J connectivity index is 2.67. The van der Waals surface area contributed by atoms with Gasteiger partial charge in [0.05, 0.1) is 4.90 Å². The van der Waals surface area contributed by atoms with Crippen LogP contribution in [0.5, 0.6) is 0 Å². The van der Waals surface area contributed by atoms with Gasteiger partial charge in [0, 0.05) is 6.54 Å². The van der Waals surface area contributed by atoms with Crippen molar-refractivity contribution in [3.05, 3.63) is 41.5 Å². The van der Waals surface area contributed by atoms with Gasteiger partial charge in [-0.2, -0.15) is 0 Å². The first-order valence-electron chi connectivity index (χ1n) is 5.82. The van der Waals surface area contributed by atoms with Gasteiger partial charge in [-0.15, -0.1) is 0 Å². The Morgan fingerprint density at radius 2 is 1.79 bits per heavy atom. The Bertz CT molecular complexity index is 570. The van der Waals surface area contributed by atoms with Crippen molar-refractivity contribution in [3.63, 3.8) is 0 Å². The lowest BCUT2D eigenvalue weighted by Gasteiger charge is -2.07. The number of sulfonamides is 1. The van der Waals surface area contributed by atoms with Gasteiger partial charge >= 0.3 is 6.03 Å². The first kappa shape index (κ1) is 15.2. The highest BCUT2D eigenvalue weighted by Gasteiger charge is 2.16. The Hall–Kier alpha value is -1.82. The summed E-state index contributed by atoms with van der Waals surface area (Å²) in [6, 6.07) is 5.53. The molecule has 0 saturated heterocycles. The summed E-state index contributed by atoms with van der Waals surface area (Å²) in [6.07, 6.45) is 1.79. The van der Waals surface area contributed by atoms with E-state index in [4.69, 9.17) is 0 Å². The van der Waals surface area contributed by atoms with E-state index in [1.54, 1.807) is 18.2 Å². The number of benzene rings is 1. The van der Waals surface area contributed by atoms with Gasteiger partial charge in [0.1, 0.15) is 0 Å². The molecule has 0 spiro atoms. The topological polar surface area (TPSA) is 75.3 Å². The number of carbonyl (C=O) groups is 1. The standard InChI is InChI=1S/C13H18N2O3S/c1-10(2)8-9-14-13(16)15-19(17,18)12-6-4-11(3)5-7-12/h4-8H,9H2,1-3H3,(H2,14,15,16). The summed E-state index contributed by atoms with van der Waals surface area (Å²) in [5.74, 6) is 0. The fourth-order valence-electron chi connectivity index (χ4n) is 1.28. The molecule has 0 unspecified atom stereocenters. The number of allylic oxidation sites excluding steroid dienone is 1. The molecule has 19 heavy (non-hydrogen) atoms. The SMILES string of the molecule is CC(C)=CCNC(=O)NS(=O)(=O)c1ccc(C)cc1. The van der Waals surface area contributed by atoms with Crippen LogP contribution in [0.4, 0.5) is 4.79 Å². The molecule has 1 rings (SSSR count). The highest BCUT2D eigenvalue weighted by atomic mass is 32.2. The second-order valence-corrected chi connectivity index (χ2v) is 6.09. The Morgan fingerprint density at radius 3 is 2.32 bits per heavy atom. The van der Waals surface area contributed by atoms with Crippen LogP contribution in [0, 0.1) is 6.92 Å². The maximum absolute atomic E-state index is 11.9. The Labute approximate surface area is 113 Å². The average molecular weight is 282 g/mol. The van der Waals surface area contributed by atoms with E-state index >= 15 is 0 Å². The maximum atomic E-state index is 11.9. The first-order valence-corrected chi connectivity index (χ1v) is 7.30. The number of hydrogen-bond donors (Lipinski definition) is 2. The Morgan fingerprint density at radius 1 is 1.21 bits per heavy atom. The summed E-state index contributed by atoms with van der Waals surface area (Å²) in [4.78, 5) is 11.5. The van der Waals surface area contributed by atoms with Gasteiger partial charge in [-0.25, -0.2) is 17.9 Å². The molecule has 0 bridgehead atoms. The lowest BCUT2D eigenvalue weighted by Crippen LogP contribution is -2.39. The summed E-state index contributed by atoms with van der Waals surface area (Å²) in [5.41, 5.74) is 1.99. The Kier molecular flexibility index (Phi) is 5.11. The van der Waals surface area contributed by atoms with E-state index in [0.717, 1.165) is 11.1 Å². The summed E-state index contributed by atoms with van der Waals surface area (Å²) >= 11 is 0. The van der Waals surface area contributed by atoms with Crippen LogP contribution < -0.4 is 10.0 Å². The molecule has 2 amide bonds. The number of nitrogens with one attached hydrogen (secondary N) is 2. The molecule has 104 valence electrons. The molecule has 2 N–H and O–H groups in total. The van der Waals surface area contributed by atoms with Gasteiger partial charge in [-0.05, 0) is 32.9 Å². The molecule has 0 aromatic heterocycles. The molecule has 0 heterocycles. The van der Waals surface area contributed by atoms with Crippen molar-refractivity contribution < 1.29 is 13.2 Å². The van der Waals surface area contributed by atoms with Gasteiger partial charge in [-0.1, -0.05) is 29.3 Å². The van der Waals surface area contributed by atoms with E-state index in [1.165, 1.54) is 12.1 Å². The van der Waals surface area contributed by atoms with Gasteiger partial charge in [0.25, 0.3) is 10.0 Å². The molecule has 1 aromatic rings. The van der Waals surface area contributed by atoms with Crippen LogP contribution in [0.3, 0.4) is 0 Å². The molecular weight excluding hydrogens is 264 g/mol. The summed E-state index contributed by atoms with van der Waals surface area (Å²) in [7, 11) is -3.81. The minimum atomic E-state index is -3.81. The monoisotopic (exact) mass is 282 g/mol. The van der Waals surface area contributed by atoms with Crippen molar-refractivity contribution >= 4 is 16.1 Å². The average Bonchev–Trinajstić information content (AvgIpc) is 2.28. The molecule has 5 nitrogen and oxygen atoms in total. The second-order valence-electron chi connectivity index (χ2n) is 4.41. The number of amides is 2. The van der Waals surface area contributed by atoms with E-state index in [-0.39, 0.29) is 11.4 Å². The molecule has 0 radical (unpaired) electrons. The number of rotatable bonds is 4. The predicted molar refractivity (Wildman–Crippen MR) is 74.3 cm³/mol. The van der Waals surface area contributed by atoms with E-state index < -0.39 is 16.1 Å². The molecule has 1 aromatic carbocycles. The molecule has 0 aliphatic rings. The number of aryl methyl sites for hydroxylation is 1. The zero-order valence-corrected chi connectivity index (χ0v) is 12.0. The smallest absolute Gasteiger partial charge is 0.328 e. The predicted octanol–water partition coefficient (Wildman–Crippen LogP) is 1.95. The highest BCUT2D eigenvalue weighted by molar-refractivity contribution is 7.90. The van der Waals surface area contributed by atoms with Crippen LogP contribution in [0.2, 0.25) is 0 Å². The van der Waals surface area contributed by atoms with Crippen molar-refractivity contribution in [2.24, 2.45) is 0 Å². The van der Waals surface area contributed by atoms with Crippen LogP contribution >= 0.6 is 0 Å². The van der Waals surface area contributed by atoms with Crippen molar-refractivity contribution in [1.29, 1.82) is 0 Å². The van der Waals surface area contributed by atoms with Crippen molar-refractivity contribution in [2.75, 3.05) is 6.54 Å². The van der Waals surface area contributed by atoms with Gasteiger partial charge in [-0.3, -0.25) is 0 Å². The zero-order valence-electron chi connectivity index (χ0n) is 11.2. The highest BCUT2D eigenvalue weighted by Crippen LogP contribution is 2.09. The van der Waals surface area contributed by atoms with Crippen LogP contribution in [-0.2, 0) is 10.0 Å². The van der Waals surface area contributed by atoms with Crippen molar-refractivity contribution in [2.45, 2.75) is 25.7 Å². The van der Waals surface area contributed by atoms with E-state index in [9.17, 15) is 13.2 Å². The van der Waals surface area contributed by atoms with Crippen LogP contribution in [0.15, 0.2) is 40.8 Å². The van der Waals surface area contributed by atoms with Gasteiger partial charge < -0.3 is 5.32 Å². The van der Waals surface area contributed by atoms with Crippen LogP contribution in [0.1, 0.15) is 19.4 Å². The molecule has 6 heteroatoms. The quantitative estimate of drug-likeness (QED) is 0.829. The summed E-state index contributed by atoms with van der Waals surface area (Å²) < 4.78 is 25.7. The lowest BCUT2D eigenvalue weighted by atomic mass is 10.2. The van der Waals surface area contributed by atoms with Crippen molar-refractivity contribution in [3.8, 4) is 0 Å². The fourth-order valence-corrected chi connectivity index (χ4v) is 2.21. The molecule has 0 atom stereocenters. The third kappa shape index (κ3) is 5.13. The maximum Gasteiger partial charge on any atom is 0.328 e. The molecule has 0 saturated carbocycles. The summed E-state index contributed by atoms with van der Waals surface area (Å²) in [6.45, 7) is 5.93. The van der Waals surface area contributed by atoms with Crippen LogP contribution in [-0.4, -0.2) is 21.0 Å². The number of urea groups is 1. The molecular formula is C13H18N2O3S. The molecule has 0 aliphatic carbocycles. The number of carbonyl (C=O) groups excluding carboxylic acids is 1. The second kappa shape index (κ2) is 6.38. The third-order valence-corrected chi connectivity index (χ3v) is 3.68. The van der Waals surface area contributed by atoms with E-state index in [0.29, 0.717) is 0 Å². The normalized spacial score (nSPS) is 10.7. The van der Waals surface area contributed by atoms with Gasteiger partial charge in [0.15, 0.2) is 0 Å². The van der Waals surface area contributed by atoms with Crippen molar-refractivity contribution in [1.82, 2.24) is 10.0 Å². The largest absolute Gasteiger partial charge is 0.334 e. The van der Waals surface area contributed by atoms with Gasteiger partial charge in [0.2, 0.25) is 0 Å².